The van der Waals surface area contributed by atoms with Crippen molar-refractivity contribution in [2.24, 2.45) is 5.92 Å². The first kappa shape index (κ1) is 20.5. The van der Waals surface area contributed by atoms with Gasteiger partial charge in [0.05, 0.1) is 18.8 Å². The third kappa shape index (κ3) is 5.61. The Kier molecular flexibility index (Phi) is 7.82. The van der Waals surface area contributed by atoms with E-state index in [0.717, 1.165) is 72.9 Å². The molecule has 27 heavy (non-hydrogen) atoms. The van der Waals surface area contributed by atoms with Crippen molar-refractivity contribution in [2.75, 3.05) is 43.5 Å². The van der Waals surface area contributed by atoms with Gasteiger partial charge >= 0.3 is 0 Å². The number of aryl methyl sites for hydroxylation is 1. The average molecular weight is 392 g/mol. The van der Waals surface area contributed by atoms with Crippen molar-refractivity contribution in [2.45, 2.75) is 57.4 Å². The van der Waals surface area contributed by atoms with Gasteiger partial charge in [-0.3, -0.25) is 4.79 Å². The number of carbonyl (C=O) groups is 1. The SMILES string of the molecule is CCSc1nc(N2CCOCC2)cc(C)c1C(=O)NCCCC1CCCC1. The molecule has 0 radical (unpaired) electrons. The van der Waals surface area contributed by atoms with Crippen molar-refractivity contribution in [3.8, 4) is 0 Å². The van der Waals surface area contributed by atoms with Crippen molar-refractivity contribution in [1.29, 1.82) is 0 Å². The van der Waals surface area contributed by atoms with Crippen molar-refractivity contribution >= 4 is 23.5 Å². The number of thioether (sulfide) groups is 1. The lowest BCUT2D eigenvalue weighted by atomic mass is 10.0. The summed E-state index contributed by atoms with van der Waals surface area (Å²) in [6.45, 7) is 8.08. The number of rotatable bonds is 8. The highest BCUT2D eigenvalue weighted by molar-refractivity contribution is 7.99. The van der Waals surface area contributed by atoms with Gasteiger partial charge in [0.1, 0.15) is 10.8 Å². The Balaban J connectivity index is 1.64. The van der Waals surface area contributed by atoms with Crippen LogP contribution in [0, 0.1) is 12.8 Å². The molecule has 1 saturated heterocycles. The zero-order valence-corrected chi connectivity index (χ0v) is 17.6. The van der Waals surface area contributed by atoms with Crippen LogP contribution in [0.15, 0.2) is 11.1 Å². The molecule has 150 valence electrons. The summed E-state index contributed by atoms with van der Waals surface area (Å²) in [5, 5.41) is 3.99. The Morgan fingerprint density at radius 3 is 2.78 bits per heavy atom. The van der Waals surface area contributed by atoms with E-state index in [0.29, 0.717) is 0 Å². The van der Waals surface area contributed by atoms with Crippen LogP contribution in [0.2, 0.25) is 0 Å². The molecule has 0 spiro atoms. The van der Waals surface area contributed by atoms with Crippen LogP contribution < -0.4 is 10.2 Å². The topological polar surface area (TPSA) is 54.5 Å². The summed E-state index contributed by atoms with van der Waals surface area (Å²) in [5.74, 6) is 2.77. The maximum atomic E-state index is 12.8. The van der Waals surface area contributed by atoms with Gasteiger partial charge in [-0.2, -0.15) is 0 Å². The van der Waals surface area contributed by atoms with Crippen molar-refractivity contribution in [1.82, 2.24) is 10.3 Å². The van der Waals surface area contributed by atoms with Crippen molar-refractivity contribution in [3.05, 3.63) is 17.2 Å². The first-order valence-corrected chi connectivity index (χ1v) is 11.4. The largest absolute Gasteiger partial charge is 0.378 e. The average Bonchev–Trinajstić information content (AvgIpc) is 3.19. The fourth-order valence-electron chi connectivity index (χ4n) is 4.08. The second-order valence-electron chi connectivity index (χ2n) is 7.56. The lowest BCUT2D eigenvalue weighted by Gasteiger charge is -2.28. The van der Waals surface area contributed by atoms with E-state index < -0.39 is 0 Å². The fourth-order valence-corrected chi connectivity index (χ4v) is 4.91. The Morgan fingerprint density at radius 1 is 1.33 bits per heavy atom. The maximum Gasteiger partial charge on any atom is 0.254 e. The third-order valence-electron chi connectivity index (χ3n) is 5.56. The molecule has 0 bridgehead atoms. The van der Waals surface area contributed by atoms with Gasteiger partial charge < -0.3 is 15.0 Å². The van der Waals surface area contributed by atoms with Crippen LogP contribution in [-0.2, 0) is 4.74 Å². The van der Waals surface area contributed by atoms with E-state index in [2.05, 4.69) is 23.2 Å². The molecule has 1 aromatic heterocycles. The van der Waals surface area contributed by atoms with Gasteiger partial charge in [-0.05, 0) is 43.1 Å². The predicted octanol–water partition coefficient (Wildman–Crippen LogP) is 4.04. The minimum absolute atomic E-state index is 0.0240. The zero-order valence-electron chi connectivity index (χ0n) is 16.8. The number of hydrogen-bond acceptors (Lipinski definition) is 5. The first-order valence-electron chi connectivity index (χ1n) is 10.4. The summed E-state index contributed by atoms with van der Waals surface area (Å²) in [4.78, 5) is 19.9. The number of anilines is 1. The Bertz CT molecular complexity index is 626. The molecule has 0 unspecified atom stereocenters. The van der Waals surface area contributed by atoms with Crippen molar-refractivity contribution in [3.63, 3.8) is 0 Å². The second-order valence-corrected chi connectivity index (χ2v) is 8.81. The van der Waals surface area contributed by atoms with Gasteiger partial charge in [-0.15, -0.1) is 11.8 Å². The van der Waals surface area contributed by atoms with E-state index in [1.54, 1.807) is 11.8 Å². The molecule has 0 aromatic carbocycles. The van der Waals surface area contributed by atoms with Crippen LogP contribution in [0.5, 0.6) is 0 Å². The molecule has 6 heteroatoms. The molecule has 1 aliphatic heterocycles. The smallest absolute Gasteiger partial charge is 0.254 e. The maximum absolute atomic E-state index is 12.8. The zero-order chi connectivity index (χ0) is 19.1. The number of morpholine rings is 1. The number of nitrogens with zero attached hydrogens (tertiary/aromatic N) is 2. The van der Waals surface area contributed by atoms with E-state index in [9.17, 15) is 4.79 Å². The highest BCUT2D eigenvalue weighted by atomic mass is 32.2. The Hall–Kier alpha value is -1.27. The first-order chi connectivity index (χ1) is 13.2. The molecule has 1 aliphatic carbocycles. The molecule has 3 rings (SSSR count). The lowest BCUT2D eigenvalue weighted by Crippen LogP contribution is -2.37. The van der Waals surface area contributed by atoms with Gasteiger partial charge in [0.2, 0.25) is 0 Å². The minimum Gasteiger partial charge on any atom is -0.378 e. The molecular weight excluding hydrogens is 358 g/mol. The van der Waals surface area contributed by atoms with Crippen molar-refractivity contribution < 1.29 is 9.53 Å². The summed E-state index contributed by atoms with van der Waals surface area (Å²) in [6, 6.07) is 2.05. The summed E-state index contributed by atoms with van der Waals surface area (Å²) in [7, 11) is 0. The van der Waals surface area contributed by atoms with E-state index in [1.165, 1.54) is 32.1 Å². The quantitative estimate of drug-likeness (QED) is 0.535. The van der Waals surface area contributed by atoms with Crippen LogP contribution in [-0.4, -0.2) is 49.5 Å². The molecule has 2 heterocycles. The number of ether oxygens (including phenoxy) is 1. The van der Waals surface area contributed by atoms with Gasteiger partial charge in [-0.1, -0.05) is 32.6 Å². The molecular formula is C21H33N3O2S. The number of pyridine rings is 1. The highest BCUT2D eigenvalue weighted by Gasteiger charge is 2.21. The van der Waals surface area contributed by atoms with Gasteiger partial charge in [0.25, 0.3) is 5.91 Å². The van der Waals surface area contributed by atoms with Gasteiger partial charge in [0, 0.05) is 19.6 Å². The minimum atomic E-state index is 0.0240. The summed E-state index contributed by atoms with van der Waals surface area (Å²) >= 11 is 1.65. The van der Waals surface area contributed by atoms with Crippen LogP contribution in [0.3, 0.4) is 0 Å². The van der Waals surface area contributed by atoms with Gasteiger partial charge in [-0.25, -0.2) is 4.98 Å². The van der Waals surface area contributed by atoms with E-state index in [4.69, 9.17) is 9.72 Å². The molecule has 1 N–H and O–H groups in total. The molecule has 1 saturated carbocycles. The number of amides is 1. The number of nitrogens with one attached hydrogen (secondary N) is 1. The third-order valence-corrected chi connectivity index (χ3v) is 6.42. The summed E-state index contributed by atoms with van der Waals surface area (Å²) < 4.78 is 5.44. The van der Waals surface area contributed by atoms with Crippen LogP contribution >= 0.6 is 11.8 Å². The molecule has 2 aliphatic rings. The van der Waals surface area contributed by atoms with E-state index in [-0.39, 0.29) is 5.91 Å². The Labute approximate surface area is 167 Å². The van der Waals surface area contributed by atoms with Crippen LogP contribution in [0.25, 0.3) is 0 Å². The number of hydrogen-bond donors (Lipinski definition) is 1. The number of carbonyl (C=O) groups excluding carboxylic acids is 1. The van der Waals surface area contributed by atoms with E-state index >= 15 is 0 Å². The van der Waals surface area contributed by atoms with Gasteiger partial charge in [0.15, 0.2) is 0 Å². The monoisotopic (exact) mass is 391 g/mol. The van der Waals surface area contributed by atoms with Crippen LogP contribution in [0.4, 0.5) is 5.82 Å². The highest BCUT2D eigenvalue weighted by Crippen LogP contribution is 2.29. The predicted molar refractivity (Wildman–Crippen MR) is 112 cm³/mol. The summed E-state index contributed by atoms with van der Waals surface area (Å²) in [6.07, 6.45) is 7.83. The number of aromatic nitrogens is 1. The molecule has 0 atom stereocenters. The standard InChI is InChI=1S/C21H33N3O2S/c1-3-27-21-19(20(25)22-10-6-9-17-7-4-5-8-17)16(2)15-18(23-21)24-11-13-26-14-12-24/h15,17H,3-14H2,1-2H3,(H,22,25). The fraction of sp³-hybridized carbons (Fsp3) is 0.714. The molecule has 5 nitrogen and oxygen atoms in total. The normalized spacial score (nSPS) is 18.1. The second kappa shape index (κ2) is 10.3. The molecule has 2 fully saturated rings. The molecule has 1 amide bonds. The molecule has 1 aromatic rings. The van der Waals surface area contributed by atoms with Crippen LogP contribution in [0.1, 0.15) is 61.4 Å². The lowest BCUT2D eigenvalue weighted by molar-refractivity contribution is 0.0948. The van der Waals surface area contributed by atoms with E-state index in [1.807, 2.05) is 6.92 Å². The Morgan fingerprint density at radius 2 is 2.07 bits per heavy atom. The summed E-state index contributed by atoms with van der Waals surface area (Å²) in [5.41, 5.74) is 1.76.